The van der Waals surface area contributed by atoms with E-state index in [1.54, 1.807) is 0 Å². The molecule has 3 heterocycles. The Balaban J connectivity index is 1.80. The molecule has 2 saturated heterocycles. The molecular weight excluding hydrogens is 283 g/mol. The molecule has 2 fully saturated rings. The van der Waals surface area contributed by atoms with Crippen LogP contribution in [0.1, 0.15) is 29.6 Å². The van der Waals surface area contributed by atoms with E-state index in [-0.39, 0.29) is 18.0 Å². The van der Waals surface area contributed by atoms with Crippen LogP contribution in [0.2, 0.25) is 0 Å². The summed E-state index contributed by atoms with van der Waals surface area (Å²) in [6.45, 7) is 1.73. The van der Waals surface area contributed by atoms with Crippen LogP contribution in [-0.2, 0) is 0 Å². The Morgan fingerprint density at radius 3 is 2.91 bits per heavy atom. The van der Waals surface area contributed by atoms with Gasteiger partial charge in [0.15, 0.2) is 0 Å². The van der Waals surface area contributed by atoms with Gasteiger partial charge in [0, 0.05) is 37.1 Å². The van der Waals surface area contributed by atoms with Crippen LogP contribution >= 0.6 is 0 Å². The summed E-state index contributed by atoms with van der Waals surface area (Å²) in [4.78, 5) is 23.3. The molecule has 5 nitrogen and oxygen atoms in total. The van der Waals surface area contributed by atoms with Crippen LogP contribution in [0.4, 0.5) is 4.39 Å². The minimum Gasteiger partial charge on any atom is -0.331 e. The topological polar surface area (TPSA) is 58.1 Å². The quantitative estimate of drug-likeness (QED) is 0.871. The van der Waals surface area contributed by atoms with Crippen molar-refractivity contribution in [1.82, 2.24) is 20.2 Å². The van der Waals surface area contributed by atoms with Crippen molar-refractivity contribution in [3.8, 4) is 0 Å². The van der Waals surface area contributed by atoms with Gasteiger partial charge in [0.25, 0.3) is 5.91 Å². The molecule has 2 atom stereocenters. The average molecular weight is 300 g/mol. The smallest absolute Gasteiger partial charge is 0.256 e. The van der Waals surface area contributed by atoms with Gasteiger partial charge in [-0.15, -0.1) is 0 Å². The highest BCUT2D eigenvalue weighted by Crippen LogP contribution is 2.31. The second-order valence-electron chi connectivity index (χ2n) is 5.97. The number of aromatic nitrogens is 2. The van der Waals surface area contributed by atoms with E-state index < -0.39 is 5.82 Å². The highest BCUT2D eigenvalue weighted by molar-refractivity contribution is 6.05. The fourth-order valence-electron chi connectivity index (χ4n) is 3.66. The van der Waals surface area contributed by atoms with Gasteiger partial charge in [-0.1, -0.05) is 0 Å². The second kappa shape index (κ2) is 5.28. The number of carbonyl (C=O) groups excluding carboxylic acids is 1. The lowest BCUT2D eigenvalue weighted by molar-refractivity contribution is 0.0681. The predicted molar refractivity (Wildman–Crippen MR) is 80.0 cm³/mol. The van der Waals surface area contributed by atoms with Crippen molar-refractivity contribution in [2.45, 2.75) is 31.3 Å². The van der Waals surface area contributed by atoms with Crippen LogP contribution in [0.5, 0.6) is 0 Å². The highest BCUT2D eigenvalue weighted by atomic mass is 19.1. The molecule has 1 aromatic heterocycles. The Labute approximate surface area is 127 Å². The first-order valence-corrected chi connectivity index (χ1v) is 7.67. The molecule has 2 aromatic rings. The molecule has 0 saturated carbocycles. The van der Waals surface area contributed by atoms with Gasteiger partial charge in [0.2, 0.25) is 0 Å². The predicted octanol–water partition coefficient (Wildman–Crippen LogP) is 1.74. The normalized spacial score (nSPS) is 24.5. The summed E-state index contributed by atoms with van der Waals surface area (Å²) in [5, 5.41) is 3.37. The lowest BCUT2D eigenvalue weighted by Gasteiger charge is -2.28. The van der Waals surface area contributed by atoms with Crippen LogP contribution in [0, 0.1) is 5.82 Å². The molecule has 1 aromatic carbocycles. The number of carbonyl (C=O) groups is 1. The number of rotatable bonds is 1. The Morgan fingerprint density at radius 1 is 1.18 bits per heavy atom. The zero-order valence-corrected chi connectivity index (χ0v) is 12.1. The number of benzene rings is 1. The lowest BCUT2D eigenvalue weighted by Crippen LogP contribution is -2.42. The Morgan fingerprint density at radius 2 is 2.00 bits per heavy atom. The first-order valence-electron chi connectivity index (χ1n) is 7.67. The summed E-state index contributed by atoms with van der Waals surface area (Å²) >= 11 is 0. The lowest BCUT2D eigenvalue weighted by atomic mass is 10.1. The van der Waals surface area contributed by atoms with Gasteiger partial charge in [-0.05, 0) is 31.9 Å². The summed E-state index contributed by atoms with van der Waals surface area (Å²) in [6, 6.07) is 3.03. The van der Waals surface area contributed by atoms with Crippen LogP contribution in [-0.4, -0.2) is 45.9 Å². The Kier molecular flexibility index (Phi) is 3.26. The first kappa shape index (κ1) is 13.6. The fourth-order valence-corrected chi connectivity index (χ4v) is 3.66. The fraction of sp³-hybridized carbons (Fsp3) is 0.438. The van der Waals surface area contributed by atoms with Crippen LogP contribution in [0.25, 0.3) is 11.0 Å². The Hall–Kier alpha value is -2.08. The monoisotopic (exact) mass is 300 g/mol. The molecule has 6 heteroatoms. The van der Waals surface area contributed by atoms with Gasteiger partial charge >= 0.3 is 0 Å². The summed E-state index contributed by atoms with van der Waals surface area (Å²) in [6.07, 6.45) is 6.02. The van der Waals surface area contributed by atoms with Crippen molar-refractivity contribution in [2.75, 3.05) is 13.1 Å². The van der Waals surface area contributed by atoms with Gasteiger partial charge in [0.05, 0.1) is 11.1 Å². The molecule has 4 rings (SSSR count). The third-order valence-electron chi connectivity index (χ3n) is 4.66. The summed E-state index contributed by atoms with van der Waals surface area (Å²) in [5.74, 6) is -0.571. The maximum absolute atomic E-state index is 13.9. The second-order valence-corrected chi connectivity index (χ2v) is 5.97. The molecule has 2 bridgehead atoms. The maximum Gasteiger partial charge on any atom is 0.256 e. The van der Waals surface area contributed by atoms with Crippen molar-refractivity contribution in [1.29, 1.82) is 0 Å². The molecule has 2 aliphatic heterocycles. The van der Waals surface area contributed by atoms with Crippen molar-refractivity contribution in [2.24, 2.45) is 0 Å². The molecule has 0 spiro atoms. The number of nitrogens with zero attached hydrogens (tertiary/aromatic N) is 3. The molecule has 0 radical (unpaired) electrons. The van der Waals surface area contributed by atoms with Gasteiger partial charge in [0.1, 0.15) is 11.3 Å². The molecule has 2 aliphatic rings. The molecule has 1 N–H and O–H groups in total. The van der Waals surface area contributed by atoms with Crippen molar-refractivity contribution >= 4 is 16.9 Å². The number of hydrogen-bond donors (Lipinski definition) is 1. The van der Waals surface area contributed by atoms with E-state index in [2.05, 4.69) is 15.3 Å². The van der Waals surface area contributed by atoms with Crippen LogP contribution in [0.3, 0.4) is 0 Å². The minimum atomic E-state index is -0.448. The van der Waals surface area contributed by atoms with E-state index in [1.165, 1.54) is 24.5 Å². The average Bonchev–Trinajstić information content (AvgIpc) is 2.78. The highest BCUT2D eigenvalue weighted by Gasteiger charge is 2.39. The third kappa shape index (κ3) is 2.14. The largest absolute Gasteiger partial charge is 0.331 e. The zero-order valence-electron chi connectivity index (χ0n) is 12.1. The van der Waals surface area contributed by atoms with Crippen molar-refractivity contribution < 1.29 is 9.18 Å². The number of halogens is 1. The van der Waals surface area contributed by atoms with E-state index in [1.807, 2.05) is 4.90 Å². The number of amides is 1. The molecule has 1 amide bonds. The Bertz CT molecular complexity index is 721. The molecule has 0 aliphatic carbocycles. The molecular formula is C16H17FN4O. The molecule has 2 unspecified atom stereocenters. The van der Waals surface area contributed by atoms with E-state index in [0.717, 1.165) is 32.4 Å². The zero-order chi connectivity index (χ0) is 15.1. The first-order chi connectivity index (χ1) is 10.7. The molecule has 114 valence electrons. The number of fused-ring (bicyclic) bond motifs is 3. The third-order valence-corrected chi connectivity index (χ3v) is 4.66. The van der Waals surface area contributed by atoms with E-state index >= 15 is 0 Å². The maximum atomic E-state index is 13.9. The number of nitrogens with one attached hydrogen (secondary N) is 1. The summed E-state index contributed by atoms with van der Waals surface area (Å²) in [5.41, 5.74) is 1.22. The van der Waals surface area contributed by atoms with Gasteiger partial charge in [-0.3, -0.25) is 14.8 Å². The van der Waals surface area contributed by atoms with Gasteiger partial charge in [-0.2, -0.15) is 0 Å². The van der Waals surface area contributed by atoms with Crippen LogP contribution < -0.4 is 5.32 Å². The van der Waals surface area contributed by atoms with Crippen molar-refractivity contribution in [3.05, 3.63) is 35.9 Å². The van der Waals surface area contributed by atoms with Gasteiger partial charge in [-0.25, -0.2) is 4.39 Å². The number of hydrogen-bond acceptors (Lipinski definition) is 4. The van der Waals surface area contributed by atoms with E-state index in [4.69, 9.17) is 0 Å². The van der Waals surface area contributed by atoms with E-state index in [9.17, 15) is 9.18 Å². The SMILES string of the molecule is O=C(c1cc(F)cc2nccnc12)N1C2CCNCC1CC2. The van der Waals surface area contributed by atoms with Crippen LogP contribution in [0.15, 0.2) is 24.5 Å². The molecule has 22 heavy (non-hydrogen) atoms. The summed E-state index contributed by atoms with van der Waals surface area (Å²) < 4.78 is 13.9. The standard InChI is InChI=1S/C16H17FN4O/c17-10-7-13(15-14(8-10)19-5-6-20-15)16(22)21-11-1-2-12(21)9-18-4-3-11/h5-8,11-12,18H,1-4,9H2. The van der Waals surface area contributed by atoms with Gasteiger partial charge < -0.3 is 10.2 Å². The van der Waals surface area contributed by atoms with Crippen molar-refractivity contribution in [3.63, 3.8) is 0 Å². The minimum absolute atomic E-state index is 0.124. The van der Waals surface area contributed by atoms with E-state index in [0.29, 0.717) is 16.6 Å². The summed E-state index contributed by atoms with van der Waals surface area (Å²) in [7, 11) is 0.